The first-order chi connectivity index (χ1) is 26.0. The number of nitrogens with one attached hydrogen (secondary N) is 1. The van der Waals surface area contributed by atoms with E-state index in [9.17, 15) is 13.2 Å². The van der Waals surface area contributed by atoms with Crippen molar-refractivity contribution in [1.29, 1.82) is 0 Å². The quantitative estimate of drug-likeness (QED) is 0.394. The summed E-state index contributed by atoms with van der Waals surface area (Å²) >= 11 is 6.51. The minimum absolute atomic E-state index is 0.219. The van der Waals surface area contributed by atoms with Gasteiger partial charge >= 0.3 is 0 Å². The van der Waals surface area contributed by atoms with Gasteiger partial charge in [0.25, 0.3) is 5.91 Å². The molecule has 1 N–H and O–H groups in total. The largest absolute Gasteiger partial charge is 0.490 e. The molecule has 4 heterocycles. The van der Waals surface area contributed by atoms with Crippen LogP contribution < -0.4 is 14.4 Å². The average molecular weight is 781 g/mol. The predicted octanol–water partition coefficient (Wildman–Crippen LogP) is 5.68. The van der Waals surface area contributed by atoms with Gasteiger partial charge in [0.05, 0.1) is 24.2 Å². The van der Waals surface area contributed by atoms with Gasteiger partial charge in [0.2, 0.25) is 10.0 Å². The van der Waals surface area contributed by atoms with Crippen LogP contribution in [0.2, 0.25) is 5.02 Å². The van der Waals surface area contributed by atoms with Gasteiger partial charge in [0.15, 0.2) is 0 Å². The molecule has 2 bridgehead atoms. The van der Waals surface area contributed by atoms with Gasteiger partial charge in [-0.3, -0.25) is 14.6 Å². The van der Waals surface area contributed by atoms with Gasteiger partial charge in [-0.25, -0.2) is 13.1 Å². The zero-order valence-corrected chi connectivity index (χ0v) is 33.7. The third-order valence-electron chi connectivity index (χ3n) is 13.9. The van der Waals surface area contributed by atoms with Crippen molar-refractivity contribution >= 4 is 33.2 Å². The molecule has 7 atom stereocenters. The van der Waals surface area contributed by atoms with E-state index in [2.05, 4.69) is 43.7 Å². The molecule has 1 amide bonds. The lowest BCUT2D eigenvalue weighted by atomic mass is 9.63. The summed E-state index contributed by atoms with van der Waals surface area (Å²) in [5.41, 5.74) is 2.90. The molecule has 0 aromatic heterocycles. The summed E-state index contributed by atoms with van der Waals surface area (Å²) < 4.78 is 48.8. The molecule has 1 spiro atoms. The first-order valence-electron chi connectivity index (χ1n) is 20.1. The van der Waals surface area contributed by atoms with E-state index in [1.165, 1.54) is 11.1 Å². The maximum absolute atomic E-state index is 13.7. The molecule has 1 saturated carbocycles. The number of aryl methyl sites for hydroxylation is 1. The molecule has 2 saturated heterocycles. The minimum Gasteiger partial charge on any atom is -0.490 e. The molecule has 10 nitrogen and oxygen atoms in total. The molecule has 0 radical (unpaired) electrons. The Morgan fingerprint density at radius 2 is 1.89 bits per heavy atom. The molecule has 12 heteroatoms. The average Bonchev–Trinajstić information content (AvgIpc) is 3.65. The molecule has 54 heavy (non-hydrogen) atoms. The van der Waals surface area contributed by atoms with Gasteiger partial charge < -0.3 is 19.1 Å². The first-order valence-corrected chi connectivity index (χ1v) is 22.1. The Bertz CT molecular complexity index is 1850. The maximum Gasteiger partial charge on any atom is 0.264 e. The molecule has 8 rings (SSSR count). The van der Waals surface area contributed by atoms with Crippen molar-refractivity contribution < 1.29 is 27.4 Å². The number of fused-ring (bicyclic) bond motifs is 4. The van der Waals surface area contributed by atoms with Crippen LogP contribution in [0.3, 0.4) is 0 Å². The van der Waals surface area contributed by atoms with Gasteiger partial charge in [-0.1, -0.05) is 36.7 Å². The van der Waals surface area contributed by atoms with E-state index in [1.807, 2.05) is 32.2 Å². The number of piperazine rings is 1. The highest BCUT2D eigenvalue weighted by molar-refractivity contribution is 7.90. The Morgan fingerprint density at radius 1 is 1.06 bits per heavy atom. The monoisotopic (exact) mass is 780 g/mol. The zero-order chi connectivity index (χ0) is 37.7. The highest BCUT2D eigenvalue weighted by Gasteiger charge is 2.50. The number of hydrogen-bond donors (Lipinski definition) is 1. The van der Waals surface area contributed by atoms with Crippen LogP contribution in [-0.4, -0.2) is 114 Å². The molecule has 2 aromatic rings. The second-order valence-corrected chi connectivity index (χ2v) is 19.5. The number of anilines is 1. The number of rotatable bonds is 4. The number of sulfonamides is 1. The summed E-state index contributed by atoms with van der Waals surface area (Å²) in [4.78, 5) is 21.3. The normalized spacial score (nSPS) is 35.2. The SMILES string of the molecule is CO[C@@]1(CN2CCN(C3CCOC3)CC2)/C=C\C[C@H](C)[C@@H](C)S(=O)(=O)NC(=O)c2ccc3c(c2)N(C[C@@H]2CC[C@H]21)C[C@@]1(CCCc2cc(Cl)ccc21)CO3. The van der Waals surface area contributed by atoms with E-state index in [0.29, 0.717) is 30.6 Å². The van der Waals surface area contributed by atoms with Crippen molar-refractivity contribution in [1.82, 2.24) is 14.5 Å². The predicted molar refractivity (Wildman–Crippen MR) is 212 cm³/mol. The van der Waals surface area contributed by atoms with Crippen molar-refractivity contribution in [2.75, 3.05) is 77.6 Å². The number of hydrogen-bond acceptors (Lipinski definition) is 9. The lowest BCUT2D eigenvalue weighted by Gasteiger charge is -2.52. The van der Waals surface area contributed by atoms with Gasteiger partial charge in [-0.05, 0) is 111 Å². The Kier molecular flexibility index (Phi) is 10.9. The van der Waals surface area contributed by atoms with Crippen LogP contribution in [0, 0.1) is 17.8 Å². The molecule has 2 aromatic carbocycles. The van der Waals surface area contributed by atoms with Gasteiger partial charge in [0, 0.05) is 81.6 Å². The molecule has 2 aliphatic carbocycles. The van der Waals surface area contributed by atoms with Crippen LogP contribution >= 0.6 is 11.6 Å². The number of carbonyl (C=O) groups excluding carboxylic acids is 1. The number of ether oxygens (including phenoxy) is 3. The number of amides is 1. The van der Waals surface area contributed by atoms with Crippen LogP contribution in [0.25, 0.3) is 0 Å². The summed E-state index contributed by atoms with van der Waals surface area (Å²) in [5.74, 6) is 0.483. The second-order valence-electron chi connectivity index (χ2n) is 17.0. The molecule has 3 fully saturated rings. The van der Waals surface area contributed by atoms with E-state index < -0.39 is 26.8 Å². The standard InChI is InChI=1S/C42H57ClN4O6S/c1-29-6-4-16-42(51-3,27-45-17-19-46(20-18-45)35-14-21-52-25-35)37-11-8-33(37)24-47-26-41(15-5-7-31-22-34(43)10-12-36(31)41)28-53-39-13-9-32(23-38(39)47)40(48)44-54(49,50)30(29)2/h4,9-10,12-13,16,22-23,29-30,33,35,37H,5-8,11,14-15,17-21,24-28H2,1-3H3,(H,44,48)/b16-4-/t29-,30+,33-,35?,37+,41-,42+/m0/s1. The van der Waals surface area contributed by atoms with E-state index >= 15 is 0 Å². The van der Waals surface area contributed by atoms with Crippen LogP contribution in [0.15, 0.2) is 48.6 Å². The lowest BCUT2D eigenvalue weighted by molar-refractivity contribution is -0.0964. The lowest BCUT2D eigenvalue weighted by Crippen LogP contribution is -2.59. The van der Waals surface area contributed by atoms with Crippen molar-refractivity contribution in [3.8, 4) is 5.75 Å². The first kappa shape index (κ1) is 38.2. The summed E-state index contributed by atoms with van der Waals surface area (Å²) in [6.45, 7) is 12.1. The fourth-order valence-electron chi connectivity index (χ4n) is 10.3. The van der Waals surface area contributed by atoms with Gasteiger partial charge in [-0.2, -0.15) is 0 Å². The van der Waals surface area contributed by atoms with Crippen LogP contribution in [-0.2, 0) is 31.3 Å². The number of methoxy groups -OCH3 is 1. The Hall–Kier alpha value is -2.67. The highest BCUT2D eigenvalue weighted by atomic mass is 35.5. The van der Waals surface area contributed by atoms with Gasteiger partial charge in [-0.15, -0.1) is 0 Å². The van der Waals surface area contributed by atoms with Crippen LogP contribution in [0.5, 0.6) is 5.75 Å². The minimum atomic E-state index is -3.96. The Morgan fingerprint density at radius 3 is 2.63 bits per heavy atom. The smallest absolute Gasteiger partial charge is 0.264 e. The highest BCUT2D eigenvalue weighted by Crippen LogP contribution is 2.49. The van der Waals surface area contributed by atoms with E-state index in [1.54, 1.807) is 13.0 Å². The van der Waals surface area contributed by atoms with Crippen molar-refractivity contribution in [3.05, 3.63) is 70.3 Å². The number of halogens is 1. The third kappa shape index (κ3) is 7.34. The second kappa shape index (κ2) is 15.3. The molecule has 6 aliphatic rings. The topological polar surface area (TPSA) is 101 Å². The third-order valence-corrected chi connectivity index (χ3v) is 16.1. The van der Waals surface area contributed by atoms with Crippen LogP contribution in [0.4, 0.5) is 5.69 Å². The summed E-state index contributed by atoms with van der Waals surface area (Å²) in [6.07, 6.45) is 11.2. The number of allylic oxidation sites excluding steroid dienone is 1. The number of carbonyl (C=O) groups is 1. The molecule has 294 valence electrons. The van der Waals surface area contributed by atoms with Gasteiger partial charge in [0.1, 0.15) is 11.4 Å². The zero-order valence-electron chi connectivity index (χ0n) is 32.1. The summed E-state index contributed by atoms with van der Waals surface area (Å²) in [6, 6.07) is 12.2. The molecule has 4 aliphatic heterocycles. The molecular formula is C42H57ClN4O6S. The molecule has 1 unspecified atom stereocenters. The summed E-state index contributed by atoms with van der Waals surface area (Å²) in [5, 5.41) is -0.0290. The number of nitrogens with zero attached hydrogens (tertiary/aromatic N) is 3. The van der Waals surface area contributed by atoms with Crippen molar-refractivity contribution in [2.24, 2.45) is 17.8 Å². The van der Waals surface area contributed by atoms with E-state index in [-0.39, 0.29) is 17.3 Å². The van der Waals surface area contributed by atoms with E-state index in [0.717, 1.165) is 114 Å². The fourth-order valence-corrected chi connectivity index (χ4v) is 11.7. The molecular weight excluding hydrogens is 724 g/mol. The Balaban J connectivity index is 1.16. The fraction of sp³-hybridized carbons (Fsp3) is 0.643. The van der Waals surface area contributed by atoms with E-state index in [4.69, 9.17) is 25.8 Å². The van der Waals surface area contributed by atoms with Crippen LogP contribution in [0.1, 0.15) is 73.9 Å². The van der Waals surface area contributed by atoms with Crippen molar-refractivity contribution in [2.45, 2.75) is 81.1 Å². The number of benzene rings is 2. The van der Waals surface area contributed by atoms with Crippen molar-refractivity contribution in [3.63, 3.8) is 0 Å². The maximum atomic E-state index is 13.7. The Labute approximate surface area is 326 Å². The summed E-state index contributed by atoms with van der Waals surface area (Å²) in [7, 11) is -2.10.